The minimum Gasteiger partial charge on any atom is -0.319 e. The van der Waals surface area contributed by atoms with Crippen LogP contribution in [-0.2, 0) is 13.5 Å². The van der Waals surface area contributed by atoms with E-state index in [9.17, 15) is 0 Å². The Hall–Kier alpha value is -0.830. The van der Waals surface area contributed by atoms with Gasteiger partial charge in [-0.3, -0.25) is 4.68 Å². The van der Waals surface area contributed by atoms with E-state index in [4.69, 9.17) is 0 Å². The lowest BCUT2D eigenvalue weighted by Crippen LogP contribution is -2.29. The molecule has 1 heterocycles. The van der Waals surface area contributed by atoms with E-state index in [1.165, 1.54) is 36.9 Å². The Morgan fingerprint density at radius 2 is 2.33 bits per heavy atom. The summed E-state index contributed by atoms with van der Waals surface area (Å²) < 4.78 is 1.98. The summed E-state index contributed by atoms with van der Waals surface area (Å²) in [6.45, 7) is 1.09. The molecule has 0 saturated heterocycles. The summed E-state index contributed by atoms with van der Waals surface area (Å²) in [7, 11) is 4.08. The van der Waals surface area contributed by atoms with E-state index in [1.807, 2.05) is 18.8 Å². The van der Waals surface area contributed by atoms with Crippen LogP contribution in [0.5, 0.6) is 0 Å². The maximum absolute atomic E-state index is 4.66. The lowest BCUT2D eigenvalue weighted by molar-refractivity contribution is 0.333. The highest BCUT2D eigenvalue weighted by atomic mass is 15.3. The number of nitrogens with one attached hydrogen (secondary N) is 1. The number of fused-ring (bicyclic) bond motifs is 1. The molecule has 82 valence electrons. The Bertz CT molecular complexity index is 376. The fourth-order valence-corrected chi connectivity index (χ4v) is 3.16. The van der Waals surface area contributed by atoms with Crippen molar-refractivity contribution < 1.29 is 0 Å². The van der Waals surface area contributed by atoms with Gasteiger partial charge in [-0.15, -0.1) is 0 Å². The van der Waals surface area contributed by atoms with Crippen molar-refractivity contribution in [2.75, 3.05) is 13.6 Å². The molecule has 0 amide bonds. The fraction of sp³-hybridized carbons (Fsp3) is 0.750. The van der Waals surface area contributed by atoms with Crippen molar-refractivity contribution in [3.8, 4) is 0 Å². The SMILES string of the molecule is CNCC1c2nn(C)cc2CCC12CC2. The number of aryl methyl sites for hydroxylation is 2. The highest BCUT2D eigenvalue weighted by molar-refractivity contribution is 5.30. The van der Waals surface area contributed by atoms with Crippen LogP contribution in [0, 0.1) is 5.41 Å². The van der Waals surface area contributed by atoms with Crippen LogP contribution in [0.3, 0.4) is 0 Å². The molecule has 0 radical (unpaired) electrons. The van der Waals surface area contributed by atoms with Crippen molar-refractivity contribution in [2.24, 2.45) is 12.5 Å². The minimum absolute atomic E-state index is 0.615. The molecule has 3 nitrogen and oxygen atoms in total. The molecule has 1 N–H and O–H groups in total. The maximum Gasteiger partial charge on any atom is 0.0705 e. The van der Waals surface area contributed by atoms with Crippen molar-refractivity contribution in [3.63, 3.8) is 0 Å². The molecule has 0 bridgehead atoms. The van der Waals surface area contributed by atoms with Gasteiger partial charge in [0.05, 0.1) is 5.69 Å². The first-order chi connectivity index (χ1) is 7.25. The van der Waals surface area contributed by atoms with E-state index in [0.29, 0.717) is 11.3 Å². The highest BCUT2D eigenvalue weighted by Crippen LogP contribution is 2.61. The lowest BCUT2D eigenvalue weighted by atomic mass is 9.76. The second-order valence-electron chi connectivity index (χ2n) is 5.19. The van der Waals surface area contributed by atoms with Gasteiger partial charge in [0.2, 0.25) is 0 Å². The number of hydrogen-bond acceptors (Lipinski definition) is 2. The Morgan fingerprint density at radius 1 is 1.53 bits per heavy atom. The van der Waals surface area contributed by atoms with Gasteiger partial charge in [0.25, 0.3) is 0 Å². The fourth-order valence-electron chi connectivity index (χ4n) is 3.16. The van der Waals surface area contributed by atoms with Gasteiger partial charge < -0.3 is 5.32 Å². The Kier molecular flexibility index (Phi) is 1.93. The van der Waals surface area contributed by atoms with Gasteiger partial charge in [-0.2, -0.15) is 5.10 Å². The maximum atomic E-state index is 4.66. The topological polar surface area (TPSA) is 29.9 Å². The third-order valence-corrected chi connectivity index (χ3v) is 4.20. The normalized spacial score (nSPS) is 26.7. The van der Waals surface area contributed by atoms with E-state index in [-0.39, 0.29) is 0 Å². The number of nitrogens with zero attached hydrogens (tertiary/aromatic N) is 2. The molecule has 2 aliphatic carbocycles. The summed E-state index contributed by atoms with van der Waals surface area (Å²) >= 11 is 0. The van der Waals surface area contributed by atoms with Crippen LogP contribution in [0.4, 0.5) is 0 Å². The summed E-state index contributed by atoms with van der Waals surface area (Å²) in [5.41, 5.74) is 3.47. The van der Waals surface area contributed by atoms with E-state index in [0.717, 1.165) is 6.54 Å². The minimum atomic E-state index is 0.615. The van der Waals surface area contributed by atoms with Crippen molar-refractivity contribution in [2.45, 2.75) is 31.6 Å². The van der Waals surface area contributed by atoms with Crippen molar-refractivity contribution in [3.05, 3.63) is 17.5 Å². The first-order valence-electron chi connectivity index (χ1n) is 5.92. The van der Waals surface area contributed by atoms with Crippen LogP contribution >= 0.6 is 0 Å². The van der Waals surface area contributed by atoms with Gasteiger partial charge in [-0.05, 0) is 43.7 Å². The average Bonchev–Trinajstić information content (AvgIpc) is 2.88. The summed E-state index contributed by atoms with van der Waals surface area (Å²) in [4.78, 5) is 0. The summed E-state index contributed by atoms with van der Waals surface area (Å²) in [6, 6.07) is 0. The third-order valence-electron chi connectivity index (χ3n) is 4.20. The van der Waals surface area contributed by atoms with Gasteiger partial charge >= 0.3 is 0 Å². The molecule has 3 heteroatoms. The molecule has 1 spiro atoms. The molecule has 1 aromatic rings. The lowest BCUT2D eigenvalue weighted by Gasteiger charge is -2.30. The molecule has 0 aliphatic heterocycles. The summed E-state index contributed by atoms with van der Waals surface area (Å²) in [5.74, 6) is 0.660. The van der Waals surface area contributed by atoms with Gasteiger partial charge in [-0.25, -0.2) is 0 Å². The molecule has 15 heavy (non-hydrogen) atoms. The summed E-state index contributed by atoms with van der Waals surface area (Å²) in [5, 5.41) is 8.00. The van der Waals surface area contributed by atoms with E-state index < -0.39 is 0 Å². The van der Waals surface area contributed by atoms with Crippen molar-refractivity contribution in [1.82, 2.24) is 15.1 Å². The van der Waals surface area contributed by atoms with E-state index in [1.54, 1.807) is 0 Å². The molecule has 1 saturated carbocycles. The molecule has 3 rings (SSSR count). The predicted octanol–water partition coefficient (Wildman–Crippen LogP) is 1.45. The first-order valence-corrected chi connectivity index (χ1v) is 5.92. The Labute approximate surface area is 90.9 Å². The molecule has 1 aromatic heterocycles. The van der Waals surface area contributed by atoms with Crippen LogP contribution in [0.2, 0.25) is 0 Å². The smallest absolute Gasteiger partial charge is 0.0705 e. The van der Waals surface area contributed by atoms with Gasteiger partial charge in [0.15, 0.2) is 0 Å². The third kappa shape index (κ3) is 1.33. The van der Waals surface area contributed by atoms with Crippen LogP contribution in [0.25, 0.3) is 0 Å². The van der Waals surface area contributed by atoms with Crippen molar-refractivity contribution in [1.29, 1.82) is 0 Å². The molecule has 1 atom stereocenters. The molecule has 0 aromatic carbocycles. The molecule has 2 aliphatic rings. The van der Waals surface area contributed by atoms with E-state index >= 15 is 0 Å². The predicted molar refractivity (Wildman–Crippen MR) is 59.9 cm³/mol. The zero-order chi connectivity index (χ0) is 10.5. The molecule has 1 unspecified atom stereocenters. The van der Waals surface area contributed by atoms with Crippen LogP contribution < -0.4 is 5.32 Å². The molecular weight excluding hydrogens is 186 g/mol. The average molecular weight is 205 g/mol. The van der Waals surface area contributed by atoms with Gasteiger partial charge in [0, 0.05) is 25.7 Å². The standard InChI is InChI=1S/C12H19N3/c1-13-7-10-11-9(8-15(2)14-11)3-4-12(10)5-6-12/h8,10,13H,3-7H2,1-2H3. The second kappa shape index (κ2) is 3.08. The number of hydrogen-bond donors (Lipinski definition) is 1. The number of likely N-dealkylation sites (N-methyl/N-ethyl adjacent to an activating group) is 1. The van der Waals surface area contributed by atoms with Gasteiger partial charge in [0.1, 0.15) is 0 Å². The molecule has 1 fully saturated rings. The number of aromatic nitrogens is 2. The van der Waals surface area contributed by atoms with E-state index in [2.05, 4.69) is 16.6 Å². The quantitative estimate of drug-likeness (QED) is 0.792. The van der Waals surface area contributed by atoms with Crippen LogP contribution in [-0.4, -0.2) is 23.4 Å². The first kappa shape index (κ1) is 9.40. The van der Waals surface area contributed by atoms with Crippen LogP contribution in [0.1, 0.15) is 36.4 Å². The van der Waals surface area contributed by atoms with Crippen LogP contribution in [0.15, 0.2) is 6.20 Å². The summed E-state index contributed by atoms with van der Waals surface area (Å²) in [6.07, 6.45) is 7.64. The van der Waals surface area contributed by atoms with Gasteiger partial charge in [-0.1, -0.05) is 0 Å². The monoisotopic (exact) mass is 205 g/mol. The Balaban J connectivity index is 1.99. The Morgan fingerprint density at radius 3 is 3.00 bits per heavy atom. The van der Waals surface area contributed by atoms with Crippen molar-refractivity contribution >= 4 is 0 Å². The highest BCUT2D eigenvalue weighted by Gasteiger charge is 2.52. The number of rotatable bonds is 2. The zero-order valence-corrected chi connectivity index (χ0v) is 9.58. The molecular formula is C12H19N3. The zero-order valence-electron chi connectivity index (χ0n) is 9.58. The second-order valence-corrected chi connectivity index (χ2v) is 5.19. The largest absolute Gasteiger partial charge is 0.319 e.